The van der Waals surface area contributed by atoms with Crippen molar-refractivity contribution in [3.05, 3.63) is 64.5 Å². The summed E-state index contributed by atoms with van der Waals surface area (Å²) in [7, 11) is 0. The molecule has 8 nitrogen and oxygen atoms in total. The second-order valence-corrected chi connectivity index (χ2v) is 9.65. The van der Waals surface area contributed by atoms with Crippen molar-refractivity contribution in [1.82, 2.24) is 15.1 Å². The van der Waals surface area contributed by atoms with Crippen LogP contribution in [-0.2, 0) is 33.9 Å². The molecule has 2 atom stereocenters. The average molecular weight is 537 g/mol. The second-order valence-electron chi connectivity index (χ2n) is 9.65. The fraction of sp³-hybridized carbons (Fsp3) is 0.483. The molecule has 2 saturated heterocycles. The van der Waals surface area contributed by atoms with Gasteiger partial charge in [0.05, 0.1) is 23.2 Å². The predicted molar refractivity (Wildman–Crippen MR) is 138 cm³/mol. The van der Waals surface area contributed by atoms with Crippen molar-refractivity contribution in [2.45, 2.75) is 77.3 Å². The number of carbonyl (C=O) groups excluding carboxylic acids is 3. The van der Waals surface area contributed by atoms with E-state index in [1.54, 1.807) is 0 Å². The molecule has 3 amide bonds. The number of imide groups is 1. The lowest BCUT2D eigenvalue weighted by atomic mass is 9.98. The number of hydrogen-bond acceptors (Lipinski definition) is 6. The second kappa shape index (κ2) is 9.78. The first kappa shape index (κ1) is 14.7. The Hall–Kier alpha value is -3.30. The Morgan fingerprint density at radius 1 is 1.21 bits per heavy atom. The molecule has 3 heterocycles. The van der Waals surface area contributed by atoms with Gasteiger partial charge in [-0.2, -0.15) is 0 Å². The monoisotopic (exact) mass is 536 g/mol. The van der Waals surface area contributed by atoms with E-state index in [0.717, 1.165) is 39.0 Å². The maximum Gasteiger partial charge on any atom is 0.255 e. The Balaban J connectivity index is 1.52. The average Bonchev–Trinajstić information content (AvgIpc) is 3.16. The minimum Gasteiger partial charge on any atom is -0.488 e. The molecule has 2 aromatic carbocycles. The first-order valence-corrected chi connectivity index (χ1v) is 11.8. The number of piperidine rings is 1. The van der Waals surface area contributed by atoms with E-state index in [1.807, 2.05) is 0 Å². The number of rotatable bonds is 6. The van der Waals surface area contributed by atoms with E-state index in [0.29, 0.717) is 11.0 Å². The number of morpholine rings is 1. The topological polar surface area (TPSA) is 88.2 Å². The van der Waals surface area contributed by atoms with Gasteiger partial charge >= 0.3 is 0 Å². The van der Waals surface area contributed by atoms with Crippen LogP contribution in [0.1, 0.15) is 85.3 Å². The molecule has 0 spiro atoms. The minimum absolute atomic E-state index is 0.0308. The molecule has 5 rings (SSSR count). The number of carbonyl (C=O) groups is 3. The Labute approximate surface area is 240 Å². The summed E-state index contributed by atoms with van der Waals surface area (Å²) in [6.07, 6.45) is -0.338. The van der Waals surface area contributed by atoms with Gasteiger partial charge in [-0.1, -0.05) is 18.2 Å². The van der Waals surface area contributed by atoms with Crippen LogP contribution in [0.3, 0.4) is 0 Å². The Bertz CT molecular complexity index is 1820. The molecule has 1 N–H and O–H groups in total. The molecule has 3 aliphatic rings. The van der Waals surface area contributed by atoms with Gasteiger partial charge in [-0.3, -0.25) is 24.6 Å². The minimum atomic E-state index is -3.39. The number of benzene rings is 2. The van der Waals surface area contributed by atoms with Gasteiger partial charge in [-0.05, 0) is 57.8 Å². The number of nitrogens with one attached hydrogen (secondary N) is 1. The van der Waals surface area contributed by atoms with Gasteiger partial charge in [0.25, 0.3) is 5.91 Å². The van der Waals surface area contributed by atoms with Crippen molar-refractivity contribution in [2.75, 3.05) is 13.0 Å². The van der Waals surface area contributed by atoms with Crippen LogP contribution >= 0.6 is 0 Å². The first-order chi connectivity index (χ1) is 23.0. The van der Waals surface area contributed by atoms with Crippen LogP contribution in [0.15, 0.2) is 36.4 Å². The Morgan fingerprint density at radius 2 is 2.00 bits per heavy atom. The quantitative estimate of drug-likeness (QED) is 0.568. The molecule has 2 unspecified atom stereocenters. The number of hydrogen-bond donors (Lipinski definition) is 1. The standard InChI is InChI=1S/C29H34FN3O5/c1-28(2)16-32(17-29(3,4)38-28)13-18-8-9-19(22(30)12-18)15-37-24-7-5-6-20-21(24)14-33(27(20)36)23-10-11-25(34)31-26(23)35/h5-9,12,23H,10-11,13-17H2,1-4H3,(H,31,34,35)/i1D3,13D2,14D2,15D2,16D2,17D2. The lowest BCUT2D eigenvalue weighted by Gasteiger charge is -2.47. The van der Waals surface area contributed by atoms with Crippen LogP contribution in [0.4, 0.5) is 4.39 Å². The summed E-state index contributed by atoms with van der Waals surface area (Å²) in [6.45, 7) is -15.8. The lowest BCUT2D eigenvalue weighted by Crippen LogP contribution is -2.56. The Morgan fingerprint density at radius 3 is 2.74 bits per heavy atom. The maximum atomic E-state index is 15.9. The summed E-state index contributed by atoms with van der Waals surface area (Å²) in [5.41, 5.74) is -7.23. The maximum absolute atomic E-state index is 15.9. The van der Waals surface area contributed by atoms with Gasteiger partial charge in [-0.25, -0.2) is 4.39 Å². The predicted octanol–water partition coefficient (Wildman–Crippen LogP) is 3.56. The molecule has 0 radical (unpaired) electrons. The zero-order valence-electron chi connectivity index (χ0n) is 33.8. The van der Waals surface area contributed by atoms with Crippen molar-refractivity contribution in [3.63, 3.8) is 0 Å². The van der Waals surface area contributed by atoms with Gasteiger partial charge in [0, 0.05) is 54.9 Å². The van der Waals surface area contributed by atoms with Crippen LogP contribution in [-0.4, -0.2) is 57.8 Å². The molecule has 2 aromatic rings. The van der Waals surface area contributed by atoms with E-state index in [1.165, 1.54) is 12.1 Å². The highest BCUT2D eigenvalue weighted by Gasteiger charge is 2.40. The number of fused-ring (bicyclic) bond motifs is 1. The smallest absolute Gasteiger partial charge is 0.255 e. The van der Waals surface area contributed by atoms with Gasteiger partial charge in [-0.15, -0.1) is 0 Å². The first-order valence-electron chi connectivity index (χ1n) is 18.3. The zero-order valence-corrected chi connectivity index (χ0v) is 20.8. The van der Waals surface area contributed by atoms with Gasteiger partial charge < -0.3 is 14.4 Å². The van der Waals surface area contributed by atoms with E-state index in [2.05, 4.69) is 5.32 Å². The van der Waals surface area contributed by atoms with Crippen molar-refractivity contribution in [3.8, 4) is 5.75 Å². The summed E-state index contributed by atoms with van der Waals surface area (Å²) in [5, 5.41) is 2.06. The van der Waals surface area contributed by atoms with Crippen LogP contribution in [0.5, 0.6) is 5.75 Å². The highest BCUT2D eigenvalue weighted by molar-refractivity contribution is 6.05. The molecule has 0 aliphatic carbocycles. The number of amides is 3. The van der Waals surface area contributed by atoms with Gasteiger partial charge in [0.2, 0.25) is 11.8 Å². The fourth-order valence-corrected chi connectivity index (χ4v) is 4.39. The molecule has 0 bridgehead atoms. The van der Waals surface area contributed by atoms with E-state index in [-0.39, 0.29) is 23.3 Å². The van der Waals surface area contributed by atoms with Crippen LogP contribution < -0.4 is 10.1 Å². The normalized spacial score (nSPS) is 35.5. The van der Waals surface area contributed by atoms with E-state index >= 15 is 4.39 Å². The molecular formula is C29H34FN3O5. The third-order valence-electron chi connectivity index (χ3n) is 5.88. The number of nitrogens with zero attached hydrogens (tertiary/aromatic N) is 2. The zero-order chi connectivity index (χ0) is 38.7. The number of ether oxygens (including phenoxy) is 2. The highest BCUT2D eigenvalue weighted by atomic mass is 19.1. The third-order valence-corrected chi connectivity index (χ3v) is 5.88. The summed E-state index contributed by atoms with van der Waals surface area (Å²) in [5.74, 6) is -4.43. The molecule has 9 heteroatoms. The molecule has 202 valence electrons. The van der Waals surface area contributed by atoms with Crippen LogP contribution in [0, 0.1) is 5.82 Å². The van der Waals surface area contributed by atoms with Crippen molar-refractivity contribution in [1.29, 1.82) is 0 Å². The fourth-order valence-electron chi connectivity index (χ4n) is 4.39. The Kier molecular flexibility index (Phi) is 3.79. The summed E-state index contributed by atoms with van der Waals surface area (Å²) in [6, 6.07) is 4.27. The molecule has 0 saturated carbocycles. The molecular weight excluding hydrogens is 489 g/mol. The van der Waals surface area contributed by atoms with Crippen molar-refractivity contribution < 1.29 is 46.1 Å². The third kappa shape index (κ3) is 5.44. The summed E-state index contributed by atoms with van der Waals surface area (Å²) >= 11 is 0. The molecule has 3 aliphatic heterocycles. The van der Waals surface area contributed by atoms with Gasteiger partial charge in [0.1, 0.15) is 24.2 Å². The van der Waals surface area contributed by atoms with E-state index in [9.17, 15) is 14.4 Å². The summed E-state index contributed by atoms with van der Waals surface area (Å²) < 4.78 is 138. The SMILES string of the molecule is [2H]C([2H])(Oc1cccc2c1C([2H])([2H])N(C1CCC(=O)NC1=O)C2=O)c1ccc(C([2H])([2H])N2C([2H])([2H])C(C)(C)OC(C)(C([2H])([2H])[2H])C2([2H])[2H])cc1F. The highest BCUT2D eigenvalue weighted by Crippen LogP contribution is 2.34. The number of halogens is 1. The van der Waals surface area contributed by atoms with Crippen LogP contribution in [0.2, 0.25) is 0 Å². The van der Waals surface area contributed by atoms with Gasteiger partial charge in [0.15, 0.2) is 0 Å². The molecule has 2 fully saturated rings. The molecule has 38 heavy (non-hydrogen) atoms. The van der Waals surface area contributed by atoms with Crippen LogP contribution in [0.25, 0.3) is 0 Å². The van der Waals surface area contributed by atoms with Crippen molar-refractivity contribution >= 4 is 17.7 Å². The van der Waals surface area contributed by atoms with E-state index in [4.69, 9.17) is 27.3 Å². The largest absolute Gasteiger partial charge is 0.488 e. The summed E-state index contributed by atoms with van der Waals surface area (Å²) in [4.78, 5) is 38.2. The van der Waals surface area contributed by atoms with Crippen molar-refractivity contribution in [2.24, 2.45) is 0 Å². The van der Waals surface area contributed by atoms with E-state index < -0.39 is 103 Å². The molecule has 0 aromatic heterocycles. The lowest BCUT2D eigenvalue weighted by molar-refractivity contribution is -0.182.